The Hall–Kier alpha value is -1.69. The Balaban J connectivity index is 1.86. The zero-order valence-corrected chi connectivity index (χ0v) is 11.8. The van der Waals surface area contributed by atoms with Gasteiger partial charge in [-0.15, -0.1) is 0 Å². The molecule has 1 aromatic rings. The molecule has 0 unspecified atom stereocenters. The number of aliphatic hydroxyl groups is 1. The van der Waals surface area contributed by atoms with Gasteiger partial charge in [0.15, 0.2) is 0 Å². The van der Waals surface area contributed by atoms with Crippen LogP contribution in [0.1, 0.15) is 38.5 Å². The molecule has 0 atom stereocenters. The smallest absolute Gasteiger partial charge is 0.319 e. The van der Waals surface area contributed by atoms with Crippen LogP contribution in [0.3, 0.4) is 0 Å². The van der Waals surface area contributed by atoms with E-state index in [0.717, 1.165) is 37.8 Å². The summed E-state index contributed by atoms with van der Waals surface area (Å²) in [7, 11) is 0. The second-order valence-electron chi connectivity index (χ2n) is 5.57. The van der Waals surface area contributed by atoms with Crippen molar-refractivity contribution in [2.75, 3.05) is 11.9 Å². The summed E-state index contributed by atoms with van der Waals surface area (Å²) in [5.41, 5.74) is -0.989. The average Bonchev–Trinajstić information content (AvgIpc) is 2.65. The van der Waals surface area contributed by atoms with Crippen LogP contribution in [-0.4, -0.2) is 23.3 Å². The van der Waals surface area contributed by atoms with Crippen LogP contribution >= 0.6 is 0 Å². The summed E-state index contributed by atoms with van der Waals surface area (Å²) in [5, 5.41) is 15.2. The van der Waals surface area contributed by atoms with E-state index >= 15 is 0 Å². The highest BCUT2D eigenvalue weighted by Gasteiger charge is 2.28. The van der Waals surface area contributed by atoms with E-state index < -0.39 is 23.3 Å². The zero-order chi connectivity index (χ0) is 15.3. The summed E-state index contributed by atoms with van der Waals surface area (Å²) in [6.07, 6.45) is 5.36. The van der Waals surface area contributed by atoms with E-state index in [0.29, 0.717) is 18.9 Å². The van der Waals surface area contributed by atoms with E-state index in [2.05, 4.69) is 10.6 Å². The molecule has 0 bridgehead atoms. The predicted octanol–water partition coefficient (Wildman–Crippen LogP) is 3.17. The Morgan fingerprint density at radius 2 is 1.86 bits per heavy atom. The monoisotopic (exact) mass is 298 g/mol. The van der Waals surface area contributed by atoms with E-state index in [1.165, 1.54) is 0 Å². The van der Waals surface area contributed by atoms with Crippen molar-refractivity contribution >= 4 is 11.7 Å². The first-order valence-electron chi connectivity index (χ1n) is 7.21. The number of amides is 2. The summed E-state index contributed by atoms with van der Waals surface area (Å²) in [6.45, 7) is 0.127. The van der Waals surface area contributed by atoms with Crippen LogP contribution in [0.2, 0.25) is 0 Å². The SMILES string of the molecule is O=C(NCC1(O)CCCCCC1)Nc1ccc(F)cc1F. The van der Waals surface area contributed by atoms with Gasteiger partial charge in [0.05, 0.1) is 11.3 Å². The van der Waals surface area contributed by atoms with Gasteiger partial charge in [-0.1, -0.05) is 25.7 Å². The Bertz CT molecular complexity index is 500. The summed E-state index contributed by atoms with van der Waals surface area (Å²) in [5.74, 6) is -1.54. The van der Waals surface area contributed by atoms with Gasteiger partial charge in [-0.2, -0.15) is 0 Å². The maximum Gasteiger partial charge on any atom is 0.319 e. The molecule has 0 spiro atoms. The lowest BCUT2D eigenvalue weighted by atomic mass is 9.95. The summed E-state index contributed by atoms with van der Waals surface area (Å²) in [4.78, 5) is 11.7. The topological polar surface area (TPSA) is 61.4 Å². The fourth-order valence-electron chi connectivity index (χ4n) is 2.57. The molecule has 6 heteroatoms. The Morgan fingerprint density at radius 1 is 1.19 bits per heavy atom. The predicted molar refractivity (Wildman–Crippen MR) is 76.0 cm³/mol. The van der Waals surface area contributed by atoms with E-state index in [1.807, 2.05) is 0 Å². The normalized spacial score (nSPS) is 17.9. The maximum absolute atomic E-state index is 13.4. The summed E-state index contributed by atoms with van der Waals surface area (Å²) < 4.78 is 26.2. The molecule has 0 heterocycles. The van der Waals surface area contributed by atoms with Gasteiger partial charge >= 0.3 is 6.03 Å². The van der Waals surface area contributed by atoms with Crippen molar-refractivity contribution in [3.63, 3.8) is 0 Å². The van der Waals surface area contributed by atoms with E-state index in [4.69, 9.17) is 0 Å². The summed E-state index contributed by atoms with van der Waals surface area (Å²) in [6, 6.07) is 2.31. The third-order valence-corrected chi connectivity index (χ3v) is 3.79. The number of urea groups is 1. The number of hydrogen-bond donors (Lipinski definition) is 3. The molecule has 2 amide bonds. The molecule has 2 rings (SSSR count). The third-order valence-electron chi connectivity index (χ3n) is 3.79. The largest absolute Gasteiger partial charge is 0.388 e. The van der Waals surface area contributed by atoms with Crippen LogP contribution < -0.4 is 10.6 Å². The first-order valence-corrected chi connectivity index (χ1v) is 7.21. The highest BCUT2D eigenvalue weighted by atomic mass is 19.1. The number of carbonyl (C=O) groups excluding carboxylic acids is 1. The molecular formula is C15H20F2N2O2. The van der Waals surface area contributed by atoms with Gasteiger partial charge in [0, 0.05) is 12.6 Å². The molecule has 0 aliphatic heterocycles. The molecule has 116 valence electrons. The molecule has 0 saturated heterocycles. The fourth-order valence-corrected chi connectivity index (χ4v) is 2.57. The number of rotatable bonds is 3. The van der Waals surface area contributed by atoms with Gasteiger partial charge in [0.2, 0.25) is 0 Å². The minimum atomic E-state index is -0.894. The number of halogens is 2. The Labute approximate surface area is 122 Å². The molecule has 0 aromatic heterocycles. The quantitative estimate of drug-likeness (QED) is 0.751. The molecule has 21 heavy (non-hydrogen) atoms. The minimum Gasteiger partial charge on any atom is -0.388 e. The van der Waals surface area contributed by atoms with E-state index in [-0.39, 0.29) is 12.2 Å². The van der Waals surface area contributed by atoms with E-state index in [9.17, 15) is 18.7 Å². The van der Waals surface area contributed by atoms with E-state index in [1.54, 1.807) is 0 Å². The molecule has 1 saturated carbocycles. The zero-order valence-electron chi connectivity index (χ0n) is 11.8. The molecule has 4 nitrogen and oxygen atoms in total. The second-order valence-corrected chi connectivity index (χ2v) is 5.57. The standard InChI is InChI=1S/C15H20F2N2O2/c16-11-5-6-13(12(17)9-11)19-14(20)18-10-15(21)7-3-1-2-4-8-15/h5-6,9,21H,1-4,7-8,10H2,(H2,18,19,20). The number of benzene rings is 1. The lowest BCUT2D eigenvalue weighted by Gasteiger charge is -2.26. The van der Waals surface area contributed by atoms with Gasteiger partial charge in [0.1, 0.15) is 11.6 Å². The second kappa shape index (κ2) is 6.85. The Morgan fingerprint density at radius 3 is 2.48 bits per heavy atom. The first-order chi connectivity index (χ1) is 9.98. The first kappa shape index (κ1) is 15.7. The van der Waals surface area contributed by atoms with Crippen molar-refractivity contribution in [1.29, 1.82) is 0 Å². The fraction of sp³-hybridized carbons (Fsp3) is 0.533. The number of carbonyl (C=O) groups is 1. The lowest BCUT2D eigenvalue weighted by molar-refractivity contribution is 0.0281. The van der Waals surface area contributed by atoms with Gasteiger partial charge in [-0.05, 0) is 25.0 Å². The third kappa shape index (κ3) is 4.67. The molecule has 1 aromatic carbocycles. The van der Waals surface area contributed by atoms with Crippen LogP contribution in [0.25, 0.3) is 0 Å². The lowest BCUT2D eigenvalue weighted by Crippen LogP contribution is -2.44. The maximum atomic E-state index is 13.4. The van der Waals surface area contributed by atoms with Crippen LogP contribution in [0.5, 0.6) is 0 Å². The van der Waals surface area contributed by atoms with Gasteiger partial charge in [0.25, 0.3) is 0 Å². The van der Waals surface area contributed by atoms with Crippen molar-refractivity contribution in [3.8, 4) is 0 Å². The van der Waals surface area contributed by atoms with Gasteiger partial charge < -0.3 is 15.7 Å². The van der Waals surface area contributed by atoms with Gasteiger partial charge in [-0.25, -0.2) is 13.6 Å². The summed E-state index contributed by atoms with van der Waals surface area (Å²) >= 11 is 0. The molecule has 0 radical (unpaired) electrons. The Kier molecular flexibility index (Phi) is 5.12. The van der Waals surface area contributed by atoms with Crippen LogP contribution in [0.4, 0.5) is 19.3 Å². The van der Waals surface area contributed by atoms with Crippen molar-refractivity contribution < 1.29 is 18.7 Å². The van der Waals surface area contributed by atoms with Crippen molar-refractivity contribution in [3.05, 3.63) is 29.8 Å². The highest BCUT2D eigenvalue weighted by molar-refractivity contribution is 5.89. The minimum absolute atomic E-state index is 0.0956. The molecule has 3 N–H and O–H groups in total. The molecule has 1 fully saturated rings. The van der Waals surface area contributed by atoms with Crippen LogP contribution in [-0.2, 0) is 0 Å². The molecule has 1 aliphatic rings. The number of hydrogen-bond acceptors (Lipinski definition) is 2. The van der Waals surface area contributed by atoms with Crippen molar-refractivity contribution in [2.24, 2.45) is 0 Å². The molecular weight excluding hydrogens is 278 g/mol. The number of nitrogens with one attached hydrogen (secondary N) is 2. The van der Waals surface area contributed by atoms with Crippen LogP contribution in [0, 0.1) is 11.6 Å². The van der Waals surface area contributed by atoms with Crippen LogP contribution in [0.15, 0.2) is 18.2 Å². The van der Waals surface area contributed by atoms with Crippen molar-refractivity contribution in [2.45, 2.75) is 44.1 Å². The van der Waals surface area contributed by atoms with Crippen molar-refractivity contribution in [1.82, 2.24) is 5.32 Å². The highest BCUT2D eigenvalue weighted by Crippen LogP contribution is 2.26. The van der Waals surface area contributed by atoms with Gasteiger partial charge in [-0.3, -0.25) is 0 Å². The molecule has 1 aliphatic carbocycles. The average molecular weight is 298 g/mol. The number of anilines is 1.